The molecule has 1 N–H and O–H groups in total. The van der Waals surface area contributed by atoms with E-state index in [1.165, 1.54) is 17.0 Å². The van der Waals surface area contributed by atoms with Crippen molar-refractivity contribution in [2.24, 2.45) is 0 Å². The number of sulfone groups is 1. The second-order valence-electron chi connectivity index (χ2n) is 5.19. The summed E-state index contributed by atoms with van der Waals surface area (Å²) in [5.74, 6) is -1.56. The molecule has 0 aliphatic carbocycles. The van der Waals surface area contributed by atoms with Crippen LogP contribution < -0.4 is 0 Å². The van der Waals surface area contributed by atoms with Crippen LogP contribution in [-0.2, 0) is 20.4 Å². The van der Waals surface area contributed by atoms with Crippen molar-refractivity contribution >= 4 is 21.7 Å². The summed E-state index contributed by atoms with van der Waals surface area (Å²) in [5.41, 5.74) is 0.922. The van der Waals surface area contributed by atoms with E-state index >= 15 is 0 Å². The minimum Gasteiger partial charge on any atom is -0.480 e. The average Bonchev–Trinajstić information content (AvgIpc) is 2.33. The number of hydrogen-bond acceptors (Lipinski definition) is 4. The fourth-order valence-corrected chi connectivity index (χ4v) is 2.64. The van der Waals surface area contributed by atoms with Crippen LogP contribution >= 0.6 is 0 Å². The van der Waals surface area contributed by atoms with Crippen molar-refractivity contribution in [2.45, 2.75) is 25.6 Å². The van der Waals surface area contributed by atoms with Gasteiger partial charge >= 0.3 is 5.97 Å². The molecule has 6 nitrogen and oxygen atoms in total. The molecule has 1 aromatic rings. The minimum absolute atomic E-state index is 0.0928. The van der Waals surface area contributed by atoms with E-state index in [2.05, 4.69) is 0 Å². The quantitative estimate of drug-likeness (QED) is 0.851. The normalized spacial score (nSPS) is 11.4. The number of hydrogen-bond donors (Lipinski definition) is 1. The summed E-state index contributed by atoms with van der Waals surface area (Å²) in [7, 11) is -3.13. The Hall–Kier alpha value is -1.89. The second-order valence-corrected chi connectivity index (χ2v) is 7.33. The first-order valence-corrected chi connectivity index (χ1v) is 8.45. The molecule has 1 rings (SSSR count). The number of carbonyl (C=O) groups is 2. The Balaban J connectivity index is 2.94. The number of carboxylic acids is 1. The molecule has 0 aliphatic heterocycles. The highest BCUT2D eigenvalue weighted by atomic mass is 32.2. The number of carbonyl (C=O) groups excluding carboxylic acids is 1. The standard InChI is InChI=1S/C14H19NO5S/c1-10(2)15(8-13(16)17)14(18)12-6-4-11(5-7-12)9-21(3,19)20/h4-7,10H,8-9H2,1-3H3,(H,16,17). The Kier molecular flexibility index (Phi) is 5.48. The molecule has 0 aromatic heterocycles. The molecular formula is C14H19NO5S. The first-order valence-electron chi connectivity index (χ1n) is 6.39. The zero-order valence-corrected chi connectivity index (χ0v) is 13.1. The first kappa shape index (κ1) is 17.2. The number of benzene rings is 1. The maximum Gasteiger partial charge on any atom is 0.323 e. The summed E-state index contributed by atoms with van der Waals surface area (Å²) in [6.45, 7) is 3.10. The van der Waals surface area contributed by atoms with Gasteiger partial charge < -0.3 is 10.0 Å². The van der Waals surface area contributed by atoms with E-state index in [4.69, 9.17) is 5.11 Å². The van der Waals surface area contributed by atoms with E-state index in [0.29, 0.717) is 11.1 Å². The van der Waals surface area contributed by atoms with Gasteiger partial charge in [0, 0.05) is 17.9 Å². The highest BCUT2D eigenvalue weighted by Crippen LogP contribution is 2.12. The number of aliphatic carboxylic acids is 1. The van der Waals surface area contributed by atoms with Crippen molar-refractivity contribution in [1.82, 2.24) is 4.90 Å². The topological polar surface area (TPSA) is 91.8 Å². The van der Waals surface area contributed by atoms with Gasteiger partial charge in [-0.1, -0.05) is 12.1 Å². The summed E-state index contributed by atoms with van der Waals surface area (Å²) in [4.78, 5) is 24.3. The van der Waals surface area contributed by atoms with Crippen molar-refractivity contribution in [2.75, 3.05) is 12.8 Å². The van der Waals surface area contributed by atoms with Crippen molar-refractivity contribution in [3.05, 3.63) is 35.4 Å². The van der Waals surface area contributed by atoms with Crippen molar-refractivity contribution in [1.29, 1.82) is 0 Å². The van der Waals surface area contributed by atoms with Gasteiger partial charge in [-0.15, -0.1) is 0 Å². The average molecular weight is 313 g/mol. The molecule has 116 valence electrons. The molecule has 0 bridgehead atoms. The van der Waals surface area contributed by atoms with Crippen LogP contribution in [0, 0.1) is 0 Å². The molecule has 0 aliphatic rings. The van der Waals surface area contributed by atoms with E-state index < -0.39 is 21.7 Å². The summed E-state index contributed by atoms with van der Waals surface area (Å²) in [5, 5.41) is 8.84. The van der Waals surface area contributed by atoms with Gasteiger partial charge in [-0.25, -0.2) is 8.42 Å². The highest BCUT2D eigenvalue weighted by Gasteiger charge is 2.21. The van der Waals surface area contributed by atoms with Gasteiger partial charge in [0.05, 0.1) is 5.75 Å². The third kappa shape index (κ3) is 5.55. The lowest BCUT2D eigenvalue weighted by atomic mass is 10.1. The van der Waals surface area contributed by atoms with Crippen molar-refractivity contribution in [3.8, 4) is 0 Å². The van der Waals surface area contributed by atoms with Crippen LogP contribution in [0.15, 0.2) is 24.3 Å². The van der Waals surface area contributed by atoms with Gasteiger partial charge in [0.2, 0.25) is 0 Å². The van der Waals surface area contributed by atoms with Crippen molar-refractivity contribution < 1.29 is 23.1 Å². The number of amides is 1. The van der Waals surface area contributed by atoms with Crippen LogP contribution in [0.3, 0.4) is 0 Å². The largest absolute Gasteiger partial charge is 0.480 e. The maximum absolute atomic E-state index is 12.3. The monoisotopic (exact) mass is 313 g/mol. The third-order valence-corrected chi connectivity index (χ3v) is 3.68. The Bertz CT molecular complexity index is 619. The molecule has 0 unspecified atom stereocenters. The van der Waals surface area contributed by atoms with Crippen LogP contribution in [0.1, 0.15) is 29.8 Å². The number of carboxylic acid groups (broad SMARTS) is 1. The summed E-state index contributed by atoms with van der Waals surface area (Å²) in [6, 6.07) is 5.91. The molecule has 0 saturated heterocycles. The zero-order valence-electron chi connectivity index (χ0n) is 12.2. The van der Waals surface area contributed by atoms with Crippen molar-refractivity contribution in [3.63, 3.8) is 0 Å². The molecule has 0 spiro atoms. The lowest BCUT2D eigenvalue weighted by molar-refractivity contribution is -0.138. The molecule has 0 fully saturated rings. The molecular weight excluding hydrogens is 294 g/mol. The Morgan fingerprint density at radius 1 is 1.19 bits per heavy atom. The highest BCUT2D eigenvalue weighted by molar-refractivity contribution is 7.89. The molecule has 0 atom stereocenters. The lowest BCUT2D eigenvalue weighted by Gasteiger charge is -2.25. The Morgan fingerprint density at radius 2 is 1.71 bits per heavy atom. The van der Waals surface area contributed by atoms with Gasteiger partial charge in [-0.3, -0.25) is 9.59 Å². The molecule has 7 heteroatoms. The third-order valence-electron chi connectivity index (χ3n) is 2.82. The summed E-state index contributed by atoms with van der Waals surface area (Å²) >= 11 is 0. The lowest BCUT2D eigenvalue weighted by Crippen LogP contribution is -2.40. The van der Waals surface area contributed by atoms with Crippen LogP contribution in [0.2, 0.25) is 0 Å². The zero-order chi connectivity index (χ0) is 16.2. The number of rotatable bonds is 6. The summed E-state index contributed by atoms with van der Waals surface area (Å²) in [6.07, 6.45) is 1.14. The Labute approximate surface area is 124 Å². The van der Waals surface area contributed by atoms with E-state index in [1.54, 1.807) is 26.0 Å². The summed E-state index contributed by atoms with van der Waals surface area (Å²) < 4.78 is 22.4. The van der Waals surface area contributed by atoms with Gasteiger partial charge in [0.25, 0.3) is 5.91 Å². The van der Waals surface area contributed by atoms with Gasteiger partial charge in [0.1, 0.15) is 6.54 Å². The fraction of sp³-hybridized carbons (Fsp3) is 0.429. The van der Waals surface area contributed by atoms with Crippen LogP contribution in [-0.4, -0.2) is 49.1 Å². The van der Waals surface area contributed by atoms with E-state index in [-0.39, 0.29) is 18.3 Å². The van der Waals surface area contributed by atoms with E-state index in [1.807, 2.05) is 0 Å². The van der Waals surface area contributed by atoms with E-state index in [9.17, 15) is 18.0 Å². The second kappa shape index (κ2) is 6.71. The maximum atomic E-state index is 12.3. The van der Waals surface area contributed by atoms with Gasteiger partial charge in [-0.05, 0) is 31.5 Å². The number of nitrogens with zero attached hydrogens (tertiary/aromatic N) is 1. The van der Waals surface area contributed by atoms with Gasteiger partial charge in [0.15, 0.2) is 9.84 Å². The fourth-order valence-electron chi connectivity index (χ4n) is 1.85. The first-order chi connectivity index (χ1) is 9.60. The molecule has 21 heavy (non-hydrogen) atoms. The molecule has 1 amide bonds. The molecule has 1 aromatic carbocycles. The predicted octanol–water partition coefficient (Wildman–Crippen LogP) is 1.17. The smallest absolute Gasteiger partial charge is 0.323 e. The van der Waals surface area contributed by atoms with Gasteiger partial charge in [-0.2, -0.15) is 0 Å². The van der Waals surface area contributed by atoms with E-state index in [0.717, 1.165) is 6.26 Å². The van der Waals surface area contributed by atoms with Crippen LogP contribution in [0.25, 0.3) is 0 Å². The SMILES string of the molecule is CC(C)N(CC(=O)O)C(=O)c1ccc(CS(C)(=O)=O)cc1. The molecule has 0 saturated carbocycles. The Morgan fingerprint density at radius 3 is 2.10 bits per heavy atom. The molecule has 0 radical (unpaired) electrons. The van der Waals surface area contributed by atoms with Crippen LogP contribution in [0.4, 0.5) is 0 Å². The minimum atomic E-state index is -3.13. The predicted molar refractivity (Wildman–Crippen MR) is 78.8 cm³/mol. The molecule has 0 heterocycles. The van der Waals surface area contributed by atoms with Crippen LogP contribution in [0.5, 0.6) is 0 Å².